The minimum atomic E-state index is -0.649. The molecular weight excluding hydrogens is 484 g/mol. The van der Waals surface area contributed by atoms with E-state index in [0.29, 0.717) is 6.54 Å². The fourth-order valence-electron chi connectivity index (χ4n) is 10.0. The number of carbonyl (C=O) groups is 3. The van der Waals surface area contributed by atoms with Crippen LogP contribution in [0, 0.1) is 62.1 Å². The maximum absolute atomic E-state index is 14.2. The Hall–Kier alpha value is -2.22. The third-order valence-corrected chi connectivity index (χ3v) is 11.9. The van der Waals surface area contributed by atoms with Crippen LogP contribution in [0.1, 0.15) is 107 Å². The van der Waals surface area contributed by atoms with E-state index in [-0.39, 0.29) is 57.5 Å². The van der Waals surface area contributed by atoms with E-state index in [0.717, 1.165) is 50.5 Å². The molecular formula is C34H50N2O3. The molecule has 214 valence electrons. The lowest BCUT2D eigenvalue weighted by Crippen LogP contribution is -2.62. The number of hydrogen-bond donors (Lipinski definition) is 1. The number of amides is 1. The van der Waals surface area contributed by atoms with Crippen LogP contribution in [-0.4, -0.2) is 24.0 Å². The molecule has 7 atom stereocenters. The number of Topliss-reactive ketones (excluding diaryl/α,β-unsaturated/α-hetero) is 1. The van der Waals surface area contributed by atoms with Gasteiger partial charge in [-0.05, 0) is 86.5 Å². The molecule has 0 heterocycles. The highest BCUT2D eigenvalue weighted by molar-refractivity contribution is 6.04. The minimum Gasteiger partial charge on any atom is -0.356 e. The minimum absolute atomic E-state index is 0.0452. The van der Waals surface area contributed by atoms with Crippen LogP contribution in [0.4, 0.5) is 0 Å². The standard InChI is InChI=1S/C32H44N2O3.C2H6/c1-8-34-27(37)32-12-9-20-25(21(32)17-28(2,3)13-14-32)22(35)15-24-30(20,6)11-10-23-29(4,5)26(36)19(18-33)16-31(23,24)7;1-2/h15-16,20-21,23,25H,8-14,17H2,1-7H3,(H,34,37);1-2H3. The topological polar surface area (TPSA) is 87.0 Å². The van der Waals surface area contributed by atoms with Crippen molar-refractivity contribution in [2.24, 2.45) is 50.7 Å². The van der Waals surface area contributed by atoms with Gasteiger partial charge in [0, 0.05) is 23.3 Å². The lowest BCUT2D eigenvalue weighted by molar-refractivity contribution is -0.161. The first-order valence-corrected chi connectivity index (χ1v) is 15.4. The summed E-state index contributed by atoms with van der Waals surface area (Å²) in [5.74, 6) is 0.365. The number of ketones is 2. The molecule has 0 radical (unpaired) electrons. The molecule has 0 aromatic heterocycles. The van der Waals surface area contributed by atoms with E-state index < -0.39 is 16.2 Å². The Morgan fingerprint density at radius 2 is 1.67 bits per heavy atom. The van der Waals surface area contributed by atoms with Crippen molar-refractivity contribution in [1.29, 1.82) is 5.26 Å². The molecule has 5 rings (SSSR count). The first-order chi connectivity index (χ1) is 18.2. The molecule has 5 heteroatoms. The monoisotopic (exact) mass is 534 g/mol. The van der Waals surface area contributed by atoms with Crippen LogP contribution in [0.3, 0.4) is 0 Å². The molecule has 0 saturated heterocycles. The fraction of sp³-hybridized carbons (Fsp3) is 0.765. The number of fused-ring (bicyclic) bond motifs is 7. The third-order valence-electron chi connectivity index (χ3n) is 11.9. The summed E-state index contributed by atoms with van der Waals surface area (Å²) in [5.41, 5.74) is -0.340. The number of allylic oxidation sites excluding steroid dienone is 4. The third kappa shape index (κ3) is 4.10. The molecule has 1 amide bonds. The van der Waals surface area contributed by atoms with Gasteiger partial charge in [-0.25, -0.2) is 0 Å². The lowest BCUT2D eigenvalue weighted by atomic mass is 9.38. The molecule has 3 fully saturated rings. The summed E-state index contributed by atoms with van der Waals surface area (Å²) in [6, 6.07) is 2.17. The van der Waals surface area contributed by atoms with Crippen molar-refractivity contribution < 1.29 is 14.4 Å². The van der Waals surface area contributed by atoms with Crippen molar-refractivity contribution in [1.82, 2.24) is 5.32 Å². The average molecular weight is 535 g/mol. The van der Waals surface area contributed by atoms with Crippen LogP contribution >= 0.6 is 0 Å². The molecule has 0 bridgehead atoms. The number of nitriles is 1. The molecule has 5 nitrogen and oxygen atoms in total. The van der Waals surface area contributed by atoms with Crippen molar-refractivity contribution in [3.05, 3.63) is 23.3 Å². The summed E-state index contributed by atoms with van der Waals surface area (Å²) >= 11 is 0. The molecule has 0 aliphatic heterocycles. The molecule has 5 aliphatic rings. The smallest absolute Gasteiger partial charge is 0.226 e. The van der Waals surface area contributed by atoms with Crippen LogP contribution < -0.4 is 5.32 Å². The van der Waals surface area contributed by atoms with Gasteiger partial charge in [0.1, 0.15) is 6.07 Å². The molecule has 39 heavy (non-hydrogen) atoms. The maximum atomic E-state index is 14.2. The van der Waals surface area contributed by atoms with Crippen LogP contribution in [0.5, 0.6) is 0 Å². The van der Waals surface area contributed by atoms with E-state index in [1.54, 1.807) is 0 Å². The van der Waals surface area contributed by atoms with Gasteiger partial charge in [0.05, 0.1) is 11.0 Å². The number of carbonyl (C=O) groups excluding carboxylic acids is 3. The summed E-state index contributed by atoms with van der Waals surface area (Å²) in [5, 5.41) is 13.0. The Morgan fingerprint density at radius 1 is 1.00 bits per heavy atom. The Morgan fingerprint density at radius 3 is 2.28 bits per heavy atom. The van der Waals surface area contributed by atoms with E-state index in [2.05, 4.69) is 39.1 Å². The summed E-state index contributed by atoms with van der Waals surface area (Å²) < 4.78 is 0. The Bertz CT molecular complexity index is 1170. The highest BCUT2D eigenvalue weighted by Gasteiger charge is 2.66. The predicted octanol–water partition coefficient (Wildman–Crippen LogP) is 6.98. The van der Waals surface area contributed by atoms with E-state index in [9.17, 15) is 19.6 Å². The fourth-order valence-corrected chi connectivity index (χ4v) is 10.0. The van der Waals surface area contributed by atoms with Gasteiger partial charge in [-0.15, -0.1) is 0 Å². The normalized spacial score (nSPS) is 41.5. The van der Waals surface area contributed by atoms with Crippen molar-refractivity contribution in [2.45, 2.75) is 107 Å². The highest BCUT2D eigenvalue weighted by Crippen LogP contribution is 2.70. The van der Waals surface area contributed by atoms with E-state index in [4.69, 9.17) is 0 Å². The second-order valence-electron chi connectivity index (χ2n) is 14.6. The lowest BCUT2D eigenvalue weighted by Gasteiger charge is -2.64. The van der Waals surface area contributed by atoms with E-state index >= 15 is 0 Å². The second-order valence-corrected chi connectivity index (χ2v) is 14.6. The average Bonchev–Trinajstić information content (AvgIpc) is 2.88. The highest BCUT2D eigenvalue weighted by atomic mass is 16.2. The van der Waals surface area contributed by atoms with Crippen LogP contribution in [-0.2, 0) is 14.4 Å². The molecule has 0 aromatic carbocycles. The molecule has 1 N–H and O–H groups in total. The summed E-state index contributed by atoms with van der Waals surface area (Å²) in [6.45, 7) is 19.6. The van der Waals surface area contributed by atoms with Crippen molar-refractivity contribution in [3.63, 3.8) is 0 Å². The number of nitrogens with one attached hydrogen (secondary N) is 1. The van der Waals surface area contributed by atoms with Crippen LogP contribution in [0.25, 0.3) is 0 Å². The van der Waals surface area contributed by atoms with E-state index in [1.807, 2.05) is 46.8 Å². The largest absolute Gasteiger partial charge is 0.356 e. The molecule has 0 aromatic rings. The Kier molecular flexibility index (Phi) is 7.40. The second kappa shape index (κ2) is 9.71. The van der Waals surface area contributed by atoms with E-state index in [1.165, 1.54) is 0 Å². The van der Waals surface area contributed by atoms with Gasteiger partial charge in [0.25, 0.3) is 0 Å². The zero-order valence-electron chi connectivity index (χ0n) is 25.8. The summed E-state index contributed by atoms with van der Waals surface area (Å²) in [6.07, 6.45) is 10.1. The van der Waals surface area contributed by atoms with Crippen molar-refractivity contribution >= 4 is 17.5 Å². The molecule has 5 aliphatic carbocycles. The van der Waals surface area contributed by atoms with Gasteiger partial charge in [-0.3, -0.25) is 14.4 Å². The molecule has 3 saturated carbocycles. The van der Waals surface area contributed by atoms with Crippen LogP contribution in [0.15, 0.2) is 23.3 Å². The number of rotatable bonds is 2. The van der Waals surface area contributed by atoms with Gasteiger partial charge >= 0.3 is 0 Å². The first-order valence-electron chi connectivity index (χ1n) is 15.4. The van der Waals surface area contributed by atoms with Crippen molar-refractivity contribution in [2.75, 3.05) is 6.54 Å². The maximum Gasteiger partial charge on any atom is 0.226 e. The van der Waals surface area contributed by atoms with Crippen molar-refractivity contribution in [3.8, 4) is 6.07 Å². The summed E-state index contributed by atoms with van der Waals surface area (Å²) in [7, 11) is 0. The Balaban J connectivity index is 0.00000172. The van der Waals surface area contributed by atoms with Gasteiger partial charge < -0.3 is 5.32 Å². The Labute approximate surface area is 236 Å². The van der Waals surface area contributed by atoms with Gasteiger partial charge in [0.2, 0.25) is 5.91 Å². The number of nitrogens with zero attached hydrogens (tertiary/aromatic N) is 1. The molecule has 7 unspecified atom stereocenters. The first kappa shape index (κ1) is 29.8. The molecule has 0 spiro atoms. The van der Waals surface area contributed by atoms with Gasteiger partial charge in [0.15, 0.2) is 11.6 Å². The number of hydrogen-bond acceptors (Lipinski definition) is 4. The van der Waals surface area contributed by atoms with Crippen LogP contribution in [0.2, 0.25) is 0 Å². The zero-order chi connectivity index (χ0) is 29.2. The quantitative estimate of drug-likeness (QED) is 0.414. The predicted molar refractivity (Wildman–Crippen MR) is 154 cm³/mol. The SMILES string of the molecule is CC.CCNC(=O)C12CCC3C(C(=O)C=C4C5(C)C=C(C#N)C(=O)C(C)(C)C5CCC43C)C1CC(C)(C)CC2. The van der Waals surface area contributed by atoms with Gasteiger partial charge in [-0.1, -0.05) is 67.0 Å². The summed E-state index contributed by atoms with van der Waals surface area (Å²) in [4.78, 5) is 41.0. The zero-order valence-corrected chi connectivity index (χ0v) is 25.8. The van der Waals surface area contributed by atoms with Gasteiger partial charge in [-0.2, -0.15) is 5.26 Å².